The zero-order valence-electron chi connectivity index (χ0n) is 18.5. The highest BCUT2D eigenvalue weighted by atomic mass is 16.5. The Labute approximate surface area is 189 Å². The molecule has 0 unspecified atom stereocenters. The smallest absolute Gasteiger partial charge is 0.246 e. The molecule has 2 aliphatic rings. The first-order chi connectivity index (χ1) is 15.6. The van der Waals surface area contributed by atoms with Gasteiger partial charge in [-0.05, 0) is 48.6 Å². The van der Waals surface area contributed by atoms with E-state index in [1.165, 1.54) is 6.42 Å². The van der Waals surface area contributed by atoms with E-state index in [4.69, 9.17) is 9.47 Å². The molecular formula is C26H30N2O4. The van der Waals surface area contributed by atoms with Gasteiger partial charge in [0.05, 0.1) is 13.0 Å². The van der Waals surface area contributed by atoms with Gasteiger partial charge in [-0.3, -0.25) is 9.59 Å². The van der Waals surface area contributed by atoms with Gasteiger partial charge in [0.25, 0.3) is 0 Å². The van der Waals surface area contributed by atoms with Gasteiger partial charge in [0.2, 0.25) is 11.8 Å². The number of amides is 2. The number of piperidine rings is 1. The molecule has 6 heteroatoms. The van der Waals surface area contributed by atoms with Crippen LogP contribution in [-0.4, -0.2) is 54.9 Å². The van der Waals surface area contributed by atoms with Crippen LogP contribution in [-0.2, 0) is 16.2 Å². The van der Waals surface area contributed by atoms with Crippen molar-refractivity contribution in [2.45, 2.75) is 25.9 Å². The van der Waals surface area contributed by atoms with E-state index in [9.17, 15) is 9.59 Å². The third kappa shape index (κ3) is 5.31. The molecule has 2 aliphatic heterocycles. The van der Waals surface area contributed by atoms with Crippen LogP contribution in [0.2, 0.25) is 0 Å². The Hall–Kier alpha value is -3.28. The Balaban J connectivity index is 1.29. The standard InChI is InChI=1S/C26H30N2O4/c1-31-24-16-20(10-12-23(24)32-19-21-8-4-2-5-9-21)11-13-25(29)28-17-22(18-28)26(30)27-14-6-3-7-15-27/h2,4-5,8-13,16,22H,3,6-7,14-15,17-19H2,1H3/b13-11+. The first-order valence-corrected chi connectivity index (χ1v) is 11.2. The summed E-state index contributed by atoms with van der Waals surface area (Å²) in [6.07, 6.45) is 6.70. The molecule has 6 nitrogen and oxygen atoms in total. The quantitative estimate of drug-likeness (QED) is 0.623. The van der Waals surface area contributed by atoms with E-state index in [2.05, 4.69) is 0 Å². The Kier molecular flexibility index (Phi) is 7.10. The Bertz CT molecular complexity index is 961. The second kappa shape index (κ2) is 10.4. The monoisotopic (exact) mass is 434 g/mol. The fourth-order valence-electron chi connectivity index (χ4n) is 4.10. The zero-order chi connectivity index (χ0) is 22.3. The largest absolute Gasteiger partial charge is 0.493 e. The van der Waals surface area contributed by atoms with Crippen molar-refractivity contribution in [3.05, 3.63) is 65.7 Å². The molecular weight excluding hydrogens is 404 g/mol. The van der Waals surface area contributed by atoms with Crippen LogP contribution in [0.4, 0.5) is 0 Å². The van der Waals surface area contributed by atoms with Crippen LogP contribution in [0.25, 0.3) is 6.08 Å². The van der Waals surface area contributed by atoms with Crippen LogP contribution < -0.4 is 9.47 Å². The van der Waals surface area contributed by atoms with E-state index < -0.39 is 0 Å². The van der Waals surface area contributed by atoms with Gasteiger partial charge in [0, 0.05) is 32.3 Å². The zero-order valence-corrected chi connectivity index (χ0v) is 18.5. The molecule has 0 atom stereocenters. The molecule has 2 heterocycles. The van der Waals surface area contributed by atoms with Gasteiger partial charge in [0.15, 0.2) is 11.5 Å². The van der Waals surface area contributed by atoms with Crippen LogP contribution in [0.3, 0.4) is 0 Å². The van der Waals surface area contributed by atoms with Crippen molar-refractivity contribution in [3.8, 4) is 11.5 Å². The number of ether oxygens (including phenoxy) is 2. The van der Waals surface area contributed by atoms with Crippen LogP contribution in [0.1, 0.15) is 30.4 Å². The van der Waals surface area contributed by atoms with Gasteiger partial charge in [0.1, 0.15) is 6.61 Å². The van der Waals surface area contributed by atoms with Crippen molar-refractivity contribution in [1.82, 2.24) is 9.80 Å². The van der Waals surface area contributed by atoms with Crippen molar-refractivity contribution >= 4 is 17.9 Å². The summed E-state index contributed by atoms with van der Waals surface area (Å²) < 4.78 is 11.3. The molecule has 4 rings (SSSR count). The third-order valence-electron chi connectivity index (χ3n) is 6.05. The highest BCUT2D eigenvalue weighted by molar-refractivity contribution is 5.94. The number of rotatable bonds is 7. The van der Waals surface area contributed by atoms with Gasteiger partial charge in [-0.2, -0.15) is 0 Å². The van der Waals surface area contributed by atoms with Crippen molar-refractivity contribution in [2.24, 2.45) is 5.92 Å². The summed E-state index contributed by atoms with van der Waals surface area (Å²) in [5.41, 5.74) is 1.93. The van der Waals surface area contributed by atoms with Crippen molar-refractivity contribution in [3.63, 3.8) is 0 Å². The minimum Gasteiger partial charge on any atom is -0.493 e. The first-order valence-electron chi connectivity index (χ1n) is 11.2. The summed E-state index contributed by atoms with van der Waals surface area (Å²) in [5.74, 6) is 1.35. The molecule has 0 radical (unpaired) electrons. The van der Waals surface area contributed by atoms with Gasteiger partial charge in [-0.25, -0.2) is 0 Å². The normalized spacial score (nSPS) is 16.7. The topological polar surface area (TPSA) is 59.1 Å². The van der Waals surface area contributed by atoms with E-state index in [1.54, 1.807) is 24.2 Å². The molecule has 0 aromatic heterocycles. The molecule has 0 bridgehead atoms. The van der Waals surface area contributed by atoms with E-state index in [-0.39, 0.29) is 17.7 Å². The highest BCUT2D eigenvalue weighted by Gasteiger charge is 2.37. The van der Waals surface area contributed by atoms with Crippen molar-refractivity contribution < 1.29 is 19.1 Å². The van der Waals surface area contributed by atoms with E-state index in [1.807, 2.05) is 53.4 Å². The van der Waals surface area contributed by atoms with E-state index in [0.717, 1.165) is 37.1 Å². The predicted molar refractivity (Wildman–Crippen MR) is 123 cm³/mol. The van der Waals surface area contributed by atoms with E-state index >= 15 is 0 Å². The molecule has 32 heavy (non-hydrogen) atoms. The van der Waals surface area contributed by atoms with Gasteiger partial charge in [-0.15, -0.1) is 0 Å². The van der Waals surface area contributed by atoms with Gasteiger partial charge < -0.3 is 19.3 Å². The minimum absolute atomic E-state index is 0.0495. The molecule has 0 aliphatic carbocycles. The second-order valence-electron chi connectivity index (χ2n) is 8.34. The van der Waals surface area contributed by atoms with Crippen LogP contribution in [0.15, 0.2) is 54.6 Å². The molecule has 0 N–H and O–H groups in total. The fraction of sp³-hybridized carbons (Fsp3) is 0.385. The number of carbonyl (C=O) groups is 2. The first kappa shape index (κ1) is 21.9. The fourth-order valence-corrected chi connectivity index (χ4v) is 4.10. The van der Waals surface area contributed by atoms with Gasteiger partial charge >= 0.3 is 0 Å². The number of benzene rings is 2. The highest BCUT2D eigenvalue weighted by Crippen LogP contribution is 2.29. The summed E-state index contributed by atoms with van der Waals surface area (Å²) in [6.45, 7) is 3.19. The lowest BCUT2D eigenvalue weighted by atomic mass is 9.97. The number of hydrogen-bond donors (Lipinski definition) is 0. The number of nitrogens with zero attached hydrogens (tertiary/aromatic N) is 2. The van der Waals surface area contributed by atoms with Crippen LogP contribution in [0.5, 0.6) is 11.5 Å². The van der Waals surface area contributed by atoms with Crippen LogP contribution >= 0.6 is 0 Å². The summed E-state index contributed by atoms with van der Waals surface area (Å²) in [4.78, 5) is 28.7. The maximum absolute atomic E-state index is 12.5. The van der Waals surface area contributed by atoms with Gasteiger partial charge in [-0.1, -0.05) is 36.4 Å². The summed E-state index contributed by atoms with van der Waals surface area (Å²) in [6, 6.07) is 15.5. The number of hydrogen-bond acceptors (Lipinski definition) is 4. The number of likely N-dealkylation sites (tertiary alicyclic amines) is 2. The maximum Gasteiger partial charge on any atom is 0.246 e. The van der Waals surface area contributed by atoms with E-state index in [0.29, 0.717) is 31.2 Å². The Morgan fingerprint density at radius 2 is 1.72 bits per heavy atom. The molecule has 2 fully saturated rings. The maximum atomic E-state index is 12.5. The van der Waals surface area contributed by atoms with Crippen LogP contribution in [0, 0.1) is 5.92 Å². The predicted octanol–water partition coefficient (Wildman–Crippen LogP) is 3.76. The summed E-state index contributed by atoms with van der Waals surface area (Å²) in [7, 11) is 1.60. The lowest BCUT2D eigenvalue weighted by molar-refractivity contribution is -0.146. The molecule has 2 amide bonds. The van der Waals surface area contributed by atoms with Crippen molar-refractivity contribution in [1.29, 1.82) is 0 Å². The summed E-state index contributed by atoms with van der Waals surface area (Å²) >= 11 is 0. The second-order valence-corrected chi connectivity index (χ2v) is 8.34. The third-order valence-corrected chi connectivity index (χ3v) is 6.05. The average molecular weight is 435 g/mol. The molecule has 2 aromatic rings. The average Bonchev–Trinajstić information content (AvgIpc) is 2.81. The lowest BCUT2D eigenvalue weighted by Crippen LogP contribution is -2.56. The molecule has 0 saturated carbocycles. The minimum atomic E-state index is -0.0731. The number of methoxy groups -OCH3 is 1. The summed E-state index contributed by atoms with van der Waals surface area (Å²) in [5, 5.41) is 0. The SMILES string of the molecule is COc1cc(/C=C/C(=O)N2CC(C(=O)N3CCCCC3)C2)ccc1OCc1ccccc1. The lowest BCUT2D eigenvalue weighted by Gasteiger charge is -2.41. The molecule has 2 saturated heterocycles. The Morgan fingerprint density at radius 3 is 2.44 bits per heavy atom. The van der Waals surface area contributed by atoms with Crippen molar-refractivity contribution in [2.75, 3.05) is 33.3 Å². The molecule has 2 aromatic carbocycles. The number of carbonyl (C=O) groups excluding carboxylic acids is 2. The molecule has 0 spiro atoms. The molecule has 168 valence electrons. The Morgan fingerprint density at radius 1 is 0.969 bits per heavy atom.